The summed E-state index contributed by atoms with van der Waals surface area (Å²) in [6.07, 6.45) is 6.01. The molecule has 2 heterocycles. The highest BCUT2D eigenvalue weighted by atomic mass is 35.5. The number of H-pyrrole nitrogens is 1. The Morgan fingerprint density at radius 2 is 1.86 bits per heavy atom. The Balaban J connectivity index is 1.25. The molecule has 1 aromatic heterocycles. The van der Waals surface area contributed by atoms with Gasteiger partial charge >= 0.3 is 0 Å². The van der Waals surface area contributed by atoms with Crippen LogP contribution in [0.3, 0.4) is 0 Å². The SMILES string of the molecule is COc1ccc2[nH]cc(C3CCC(N4CCN(c5ccccc5Cl)CC4)C3)c2c1. The van der Waals surface area contributed by atoms with Gasteiger partial charge in [-0.3, -0.25) is 4.90 Å². The van der Waals surface area contributed by atoms with Crippen LogP contribution in [0.15, 0.2) is 48.7 Å². The van der Waals surface area contributed by atoms with E-state index in [1.165, 1.54) is 41.4 Å². The van der Waals surface area contributed by atoms with Gasteiger partial charge in [-0.05, 0) is 61.1 Å². The molecule has 4 nitrogen and oxygen atoms in total. The molecule has 2 aliphatic rings. The van der Waals surface area contributed by atoms with E-state index in [4.69, 9.17) is 16.3 Å². The van der Waals surface area contributed by atoms with Gasteiger partial charge in [-0.15, -0.1) is 0 Å². The fourth-order valence-electron chi connectivity index (χ4n) is 5.19. The molecular weight excluding hydrogens is 382 g/mol. The minimum Gasteiger partial charge on any atom is -0.497 e. The van der Waals surface area contributed by atoms with Crippen molar-refractivity contribution in [2.75, 3.05) is 38.2 Å². The molecule has 152 valence electrons. The zero-order chi connectivity index (χ0) is 19.8. The predicted octanol–water partition coefficient (Wildman–Crippen LogP) is 5.29. The smallest absolute Gasteiger partial charge is 0.119 e. The number of para-hydroxylation sites is 1. The predicted molar refractivity (Wildman–Crippen MR) is 120 cm³/mol. The molecule has 1 saturated carbocycles. The molecule has 1 aliphatic carbocycles. The Kier molecular flexibility index (Phi) is 5.15. The van der Waals surface area contributed by atoms with Crippen molar-refractivity contribution in [3.63, 3.8) is 0 Å². The summed E-state index contributed by atoms with van der Waals surface area (Å²) in [6, 6.07) is 15.2. The lowest BCUT2D eigenvalue weighted by atomic mass is 9.96. The highest BCUT2D eigenvalue weighted by molar-refractivity contribution is 6.33. The number of nitrogens with zero attached hydrogens (tertiary/aromatic N) is 2. The van der Waals surface area contributed by atoms with Crippen LogP contribution in [-0.2, 0) is 0 Å². The zero-order valence-electron chi connectivity index (χ0n) is 16.9. The Morgan fingerprint density at radius 3 is 2.66 bits per heavy atom. The summed E-state index contributed by atoms with van der Waals surface area (Å²) in [5, 5.41) is 2.18. The molecule has 0 bridgehead atoms. The van der Waals surface area contributed by atoms with Crippen LogP contribution < -0.4 is 9.64 Å². The maximum atomic E-state index is 6.40. The number of methoxy groups -OCH3 is 1. The largest absolute Gasteiger partial charge is 0.497 e. The summed E-state index contributed by atoms with van der Waals surface area (Å²) in [6.45, 7) is 4.33. The lowest BCUT2D eigenvalue weighted by molar-refractivity contribution is 0.186. The van der Waals surface area contributed by atoms with Gasteiger partial charge in [0.1, 0.15) is 5.75 Å². The summed E-state index contributed by atoms with van der Waals surface area (Å²) in [7, 11) is 1.74. The number of aromatic amines is 1. The molecule has 2 fully saturated rings. The van der Waals surface area contributed by atoms with E-state index in [1.54, 1.807) is 7.11 Å². The lowest BCUT2D eigenvalue weighted by Crippen LogP contribution is -2.49. The molecule has 0 radical (unpaired) electrons. The van der Waals surface area contributed by atoms with Gasteiger partial charge in [0.25, 0.3) is 0 Å². The monoisotopic (exact) mass is 409 g/mol. The van der Waals surface area contributed by atoms with Gasteiger partial charge in [-0.2, -0.15) is 0 Å². The number of ether oxygens (including phenoxy) is 1. The first-order valence-electron chi connectivity index (χ1n) is 10.6. The van der Waals surface area contributed by atoms with Gasteiger partial charge in [0.2, 0.25) is 0 Å². The van der Waals surface area contributed by atoms with E-state index in [2.05, 4.69) is 45.2 Å². The number of hydrogen-bond acceptors (Lipinski definition) is 3. The van der Waals surface area contributed by atoms with Crippen molar-refractivity contribution >= 4 is 28.2 Å². The molecular formula is C24H28ClN3O. The van der Waals surface area contributed by atoms with Crippen LogP contribution in [0.4, 0.5) is 5.69 Å². The van der Waals surface area contributed by atoms with Gasteiger partial charge in [-0.25, -0.2) is 0 Å². The molecule has 3 aromatic rings. The summed E-state index contributed by atoms with van der Waals surface area (Å²) >= 11 is 6.40. The van der Waals surface area contributed by atoms with Gasteiger partial charge < -0.3 is 14.6 Å². The van der Waals surface area contributed by atoms with Crippen molar-refractivity contribution in [1.29, 1.82) is 0 Å². The molecule has 2 aromatic carbocycles. The van der Waals surface area contributed by atoms with Crippen LogP contribution in [0.1, 0.15) is 30.7 Å². The molecule has 1 saturated heterocycles. The standard InChI is InChI=1S/C24H28ClN3O/c1-29-19-8-9-23-20(15-19)21(16-26-23)17-6-7-18(14-17)27-10-12-28(13-11-27)24-5-3-2-4-22(24)25/h2-5,8-9,15-18,26H,6-7,10-14H2,1H3. The van der Waals surface area contributed by atoms with Crippen LogP contribution in [0.5, 0.6) is 5.75 Å². The fourth-order valence-corrected chi connectivity index (χ4v) is 5.45. The molecule has 29 heavy (non-hydrogen) atoms. The van der Waals surface area contributed by atoms with Gasteiger partial charge in [0.05, 0.1) is 17.8 Å². The van der Waals surface area contributed by atoms with E-state index in [0.29, 0.717) is 12.0 Å². The van der Waals surface area contributed by atoms with E-state index in [1.807, 2.05) is 18.2 Å². The van der Waals surface area contributed by atoms with Crippen molar-refractivity contribution in [1.82, 2.24) is 9.88 Å². The van der Waals surface area contributed by atoms with E-state index >= 15 is 0 Å². The van der Waals surface area contributed by atoms with Crippen LogP contribution in [0, 0.1) is 0 Å². The summed E-state index contributed by atoms with van der Waals surface area (Å²) in [5.41, 5.74) is 3.83. The summed E-state index contributed by atoms with van der Waals surface area (Å²) in [4.78, 5) is 8.58. The molecule has 1 aliphatic heterocycles. The van der Waals surface area contributed by atoms with Crippen molar-refractivity contribution in [3.05, 3.63) is 59.2 Å². The van der Waals surface area contributed by atoms with Crippen molar-refractivity contribution in [3.8, 4) is 5.75 Å². The van der Waals surface area contributed by atoms with Gasteiger partial charge in [0, 0.05) is 49.3 Å². The Hall–Kier alpha value is -2.17. The van der Waals surface area contributed by atoms with Crippen molar-refractivity contribution in [2.45, 2.75) is 31.2 Å². The Bertz CT molecular complexity index is 993. The number of rotatable bonds is 4. The molecule has 5 heteroatoms. The van der Waals surface area contributed by atoms with Crippen LogP contribution >= 0.6 is 11.6 Å². The average Bonchev–Trinajstić information content (AvgIpc) is 3.41. The molecule has 2 atom stereocenters. The number of aromatic nitrogens is 1. The number of nitrogens with one attached hydrogen (secondary N) is 1. The third kappa shape index (κ3) is 3.60. The second-order valence-corrected chi connectivity index (χ2v) is 8.70. The first kappa shape index (κ1) is 18.8. The van der Waals surface area contributed by atoms with E-state index < -0.39 is 0 Å². The van der Waals surface area contributed by atoms with Crippen molar-refractivity contribution < 1.29 is 4.74 Å². The van der Waals surface area contributed by atoms with Gasteiger partial charge in [0.15, 0.2) is 0 Å². The number of halogens is 1. The zero-order valence-corrected chi connectivity index (χ0v) is 17.7. The minimum absolute atomic E-state index is 0.627. The Morgan fingerprint density at radius 1 is 1.03 bits per heavy atom. The maximum absolute atomic E-state index is 6.40. The number of benzene rings is 2. The summed E-state index contributed by atoms with van der Waals surface area (Å²) in [5.74, 6) is 1.56. The second-order valence-electron chi connectivity index (χ2n) is 8.29. The van der Waals surface area contributed by atoms with Crippen LogP contribution in [0.25, 0.3) is 10.9 Å². The first-order chi connectivity index (χ1) is 14.2. The fraction of sp³-hybridized carbons (Fsp3) is 0.417. The summed E-state index contributed by atoms with van der Waals surface area (Å²) < 4.78 is 5.44. The quantitative estimate of drug-likeness (QED) is 0.635. The topological polar surface area (TPSA) is 31.5 Å². The second kappa shape index (κ2) is 7.92. The minimum atomic E-state index is 0.627. The maximum Gasteiger partial charge on any atom is 0.119 e. The molecule has 5 rings (SSSR count). The molecule has 0 amide bonds. The average molecular weight is 410 g/mol. The number of hydrogen-bond donors (Lipinski definition) is 1. The lowest BCUT2D eigenvalue weighted by Gasteiger charge is -2.39. The molecule has 0 spiro atoms. The third-order valence-corrected chi connectivity index (χ3v) is 7.11. The molecule has 2 unspecified atom stereocenters. The van der Waals surface area contributed by atoms with E-state index in [0.717, 1.165) is 37.0 Å². The number of fused-ring (bicyclic) bond motifs is 1. The third-order valence-electron chi connectivity index (χ3n) is 6.79. The first-order valence-corrected chi connectivity index (χ1v) is 11.0. The van der Waals surface area contributed by atoms with Crippen LogP contribution in [-0.4, -0.2) is 49.2 Å². The number of piperazine rings is 1. The Labute approximate surface area is 177 Å². The normalized spacial score (nSPS) is 23.0. The highest BCUT2D eigenvalue weighted by Crippen LogP contribution is 2.41. The van der Waals surface area contributed by atoms with Gasteiger partial charge in [-0.1, -0.05) is 23.7 Å². The highest BCUT2D eigenvalue weighted by Gasteiger charge is 2.33. The number of anilines is 1. The molecule has 1 N–H and O–H groups in total. The van der Waals surface area contributed by atoms with E-state index in [9.17, 15) is 0 Å². The van der Waals surface area contributed by atoms with E-state index in [-0.39, 0.29) is 0 Å². The van der Waals surface area contributed by atoms with Crippen molar-refractivity contribution in [2.24, 2.45) is 0 Å². The van der Waals surface area contributed by atoms with Crippen LogP contribution in [0.2, 0.25) is 5.02 Å².